The number of para-hydroxylation sites is 3. The molecule has 6 heteroatoms. The van der Waals surface area contributed by atoms with Gasteiger partial charge in [-0.2, -0.15) is 0 Å². The molecule has 0 aliphatic heterocycles. The minimum Gasteiger partial charge on any atom is -0.557 e. The summed E-state index contributed by atoms with van der Waals surface area (Å²) in [7, 11) is 0. The van der Waals surface area contributed by atoms with Crippen LogP contribution in [-0.2, 0) is 20.1 Å². The standard InChI is InChI=1S/C37H23N2O2.C11H8N.Ir/c1-3-11-25(12-4-1)28-15-9-16-29(26-13-5-2-6-14-26)36(28)39-33-18-8-7-17-32(33)38-37(39)31-24-41-35-21-20-27(23-30(31)35)34-19-10-22-40-34;1-2-6-10(7-3-1)11-8-4-5-9-12-11;/h1-23H;1-6,8-9H;/q2*-1;. The van der Waals surface area contributed by atoms with Gasteiger partial charge >= 0.3 is 0 Å². The van der Waals surface area contributed by atoms with Gasteiger partial charge in [-0.3, -0.25) is 4.98 Å². The zero-order chi connectivity index (χ0) is 35.4. The number of fused-ring (bicyclic) bond motifs is 2. The first kappa shape index (κ1) is 34.5. The molecule has 0 aliphatic rings. The predicted molar refractivity (Wildman–Crippen MR) is 212 cm³/mol. The van der Waals surface area contributed by atoms with Gasteiger partial charge in [-0.15, -0.1) is 35.9 Å². The summed E-state index contributed by atoms with van der Waals surface area (Å²) in [5.41, 5.74) is 12.0. The summed E-state index contributed by atoms with van der Waals surface area (Å²) in [4.78, 5) is 9.41. The molecule has 1 radical (unpaired) electrons. The molecule has 0 unspecified atom stereocenters. The first-order valence-electron chi connectivity index (χ1n) is 17.4. The third-order valence-corrected chi connectivity index (χ3v) is 9.18. The van der Waals surface area contributed by atoms with E-state index >= 15 is 0 Å². The molecular weight excluding hydrogens is 843 g/mol. The number of rotatable bonds is 6. The van der Waals surface area contributed by atoms with Crippen LogP contribution in [-0.4, -0.2) is 14.5 Å². The topological polar surface area (TPSA) is 57.0 Å². The van der Waals surface area contributed by atoms with Crippen molar-refractivity contribution in [2.45, 2.75) is 0 Å². The Labute approximate surface area is 326 Å². The van der Waals surface area contributed by atoms with Crippen LogP contribution in [0.4, 0.5) is 0 Å². The Balaban J connectivity index is 0.000000271. The molecule has 0 amide bonds. The Hall–Kier alpha value is -6.59. The average molecular weight is 874 g/mol. The second kappa shape index (κ2) is 15.6. The minimum absolute atomic E-state index is 0. The Morgan fingerprint density at radius 2 is 1.31 bits per heavy atom. The number of furan rings is 2. The van der Waals surface area contributed by atoms with Crippen molar-refractivity contribution in [1.82, 2.24) is 14.5 Å². The summed E-state index contributed by atoms with van der Waals surface area (Å²) in [6, 6.07) is 62.5. The van der Waals surface area contributed by atoms with Gasteiger partial charge in [-0.05, 0) is 47.2 Å². The van der Waals surface area contributed by atoms with E-state index in [0.717, 1.165) is 83.9 Å². The summed E-state index contributed by atoms with van der Waals surface area (Å²) in [5.74, 6) is 1.57. The molecule has 0 bridgehead atoms. The maximum absolute atomic E-state index is 5.98. The quantitative estimate of drug-likeness (QED) is 0.156. The fourth-order valence-electron chi connectivity index (χ4n) is 6.72. The molecule has 0 saturated heterocycles. The third-order valence-electron chi connectivity index (χ3n) is 9.18. The van der Waals surface area contributed by atoms with E-state index < -0.39 is 0 Å². The van der Waals surface area contributed by atoms with Crippen molar-refractivity contribution in [3.8, 4) is 61.9 Å². The molecule has 0 spiro atoms. The fourth-order valence-corrected chi connectivity index (χ4v) is 6.72. The first-order chi connectivity index (χ1) is 26.3. The zero-order valence-electron chi connectivity index (χ0n) is 28.9. The van der Waals surface area contributed by atoms with Crippen LogP contribution >= 0.6 is 0 Å². The molecule has 10 aromatic rings. The Morgan fingerprint density at radius 3 is 2.00 bits per heavy atom. The molecule has 10 rings (SSSR count). The van der Waals surface area contributed by atoms with Gasteiger partial charge in [-0.25, -0.2) is 0 Å². The summed E-state index contributed by atoms with van der Waals surface area (Å²) >= 11 is 0. The predicted octanol–water partition coefficient (Wildman–Crippen LogP) is 12.4. The normalized spacial score (nSPS) is 10.8. The summed E-state index contributed by atoms with van der Waals surface area (Å²) in [6.45, 7) is 0. The maximum Gasteiger partial charge on any atom is 0.133 e. The van der Waals surface area contributed by atoms with Crippen molar-refractivity contribution in [1.29, 1.82) is 0 Å². The van der Waals surface area contributed by atoms with Crippen molar-refractivity contribution >= 4 is 22.0 Å². The van der Waals surface area contributed by atoms with Crippen molar-refractivity contribution < 1.29 is 28.9 Å². The van der Waals surface area contributed by atoms with E-state index in [2.05, 4.69) is 113 Å². The van der Waals surface area contributed by atoms with E-state index in [0.29, 0.717) is 0 Å². The van der Waals surface area contributed by atoms with Crippen LogP contribution in [0.25, 0.3) is 83.9 Å². The van der Waals surface area contributed by atoms with E-state index in [4.69, 9.17) is 13.8 Å². The third kappa shape index (κ3) is 6.72. The fraction of sp³-hybridized carbons (Fsp3) is 0. The number of imidazole rings is 1. The van der Waals surface area contributed by atoms with Gasteiger partial charge in [-0.1, -0.05) is 132 Å². The van der Waals surface area contributed by atoms with Gasteiger partial charge in [0.1, 0.15) is 5.76 Å². The van der Waals surface area contributed by atoms with E-state index in [1.54, 1.807) is 12.5 Å². The molecule has 5 nitrogen and oxygen atoms in total. The van der Waals surface area contributed by atoms with Gasteiger partial charge in [0.25, 0.3) is 0 Å². The second-order valence-electron chi connectivity index (χ2n) is 12.5. The molecule has 0 fully saturated rings. The monoisotopic (exact) mass is 874 g/mol. The van der Waals surface area contributed by atoms with Crippen LogP contribution in [0, 0.1) is 12.3 Å². The molecular formula is C48H31IrN3O2-2. The van der Waals surface area contributed by atoms with Gasteiger partial charge in [0.15, 0.2) is 0 Å². The van der Waals surface area contributed by atoms with Crippen LogP contribution in [0.1, 0.15) is 0 Å². The first-order valence-corrected chi connectivity index (χ1v) is 17.4. The summed E-state index contributed by atoms with van der Waals surface area (Å²) in [6.07, 6.45) is 6.68. The molecule has 261 valence electrons. The largest absolute Gasteiger partial charge is 0.557 e. The Bertz CT molecular complexity index is 2660. The Morgan fingerprint density at radius 1 is 0.593 bits per heavy atom. The van der Waals surface area contributed by atoms with Crippen molar-refractivity contribution in [2.24, 2.45) is 0 Å². The zero-order valence-corrected chi connectivity index (χ0v) is 31.3. The van der Waals surface area contributed by atoms with Gasteiger partial charge in [0.2, 0.25) is 0 Å². The van der Waals surface area contributed by atoms with Crippen molar-refractivity contribution in [2.75, 3.05) is 0 Å². The number of hydrogen-bond acceptors (Lipinski definition) is 4. The molecule has 0 atom stereocenters. The molecule has 54 heavy (non-hydrogen) atoms. The van der Waals surface area contributed by atoms with Crippen LogP contribution in [0.15, 0.2) is 197 Å². The Kier molecular flexibility index (Phi) is 9.94. The average Bonchev–Trinajstić information content (AvgIpc) is 4.01. The molecule has 0 aliphatic carbocycles. The molecule has 6 aromatic carbocycles. The second-order valence-corrected chi connectivity index (χ2v) is 12.5. The number of hydrogen-bond donors (Lipinski definition) is 0. The van der Waals surface area contributed by atoms with Crippen LogP contribution in [0.5, 0.6) is 0 Å². The van der Waals surface area contributed by atoms with Gasteiger partial charge in [0.05, 0.1) is 28.8 Å². The van der Waals surface area contributed by atoms with Crippen LogP contribution < -0.4 is 0 Å². The van der Waals surface area contributed by atoms with Crippen LogP contribution in [0.3, 0.4) is 0 Å². The van der Waals surface area contributed by atoms with Crippen molar-refractivity contribution in [3.05, 3.63) is 201 Å². The number of nitrogens with zero attached hydrogens (tertiary/aromatic N) is 3. The summed E-state index contributed by atoms with van der Waals surface area (Å²) in [5, 5.41) is 0.925. The van der Waals surface area contributed by atoms with E-state index in [9.17, 15) is 0 Å². The van der Waals surface area contributed by atoms with Crippen LogP contribution in [0.2, 0.25) is 0 Å². The minimum atomic E-state index is 0. The SMILES string of the molecule is [Ir].[c-]1ccccc1-c1ccccn1.[c-]1oc2ccc(-c3ccco3)cc2c1-c1nc2ccccc2n1-c1c(-c2ccccc2)cccc1-c1ccccc1. The molecule has 4 heterocycles. The number of benzene rings is 6. The van der Waals surface area contributed by atoms with E-state index in [1.807, 2.05) is 84.9 Å². The van der Waals surface area contributed by atoms with Gasteiger partial charge in [0, 0.05) is 54.8 Å². The van der Waals surface area contributed by atoms with Crippen molar-refractivity contribution in [3.63, 3.8) is 0 Å². The van der Waals surface area contributed by atoms with Gasteiger partial charge < -0.3 is 18.4 Å². The molecule has 4 aromatic heterocycles. The number of pyridine rings is 1. The number of aromatic nitrogens is 3. The maximum atomic E-state index is 5.98. The van der Waals surface area contributed by atoms with E-state index in [-0.39, 0.29) is 20.1 Å². The smallest absolute Gasteiger partial charge is 0.133 e. The van der Waals surface area contributed by atoms with E-state index in [1.165, 1.54) is 0 Å². The molecule has 0 N–H and O–H groups in total. The molecule has 0 saturated carbocycles. The summed E-state index contributed by atoms with van der Waals surface area (Å²) < 4.78 is 13.9.